The average Bonchev–Trinajstić information content (AvgIpc) is 3.15. The number of nitrogens with zero attached hydrogens (tertiary/aromatic N) is 3. The maximum atomic E-state index is 12.6. The van der Waals surface area contributed by atoms with Crippen LogP contribution in [0.4, 0.5) is 5.69 Å². The fourth-order valence-corrected chi connectivity index (χ4v) is 3.14. The number of carbonyl (C=O) groups is 2. The second-order valence-electron chi connectivity index (χ2n) is 6.17. The van der Waals surface area contributed by atoms with Crippen molar-refractivity contribution in [3.63, 3.8) is 0 Å². The number of carbonyl (C=O) groups excluding carboxylic acids is 2. The Balaban J connectivity index is 1.78. The summed E-state index contributed by atoms with van der Waals surface area (Å²) in [7, 11) is 1.73. The maximum absolute atomic E-state index is 12.6. The van der Waals surface area contributed by atoms with Crippen molar-refractivity contribution in [2.24, 2.45) is 7.05 Å². The Morgan fingerprint density at radius 3 is 2.15 bits per heavy atom. The quantitative estimate of drug-likeness (QED) is 0.309. The summed E-state index contributed by atoms with van der Waals surface area (Å²) in [5, 5.41) is 15.2. The third-order valence-corrected chi connectivity index (χ3v) is 4.41. The highest BCUT2D eigenvalue weighted by Gasteiger charge is 2.32. The molecule has 1 aliphatic rings. The van der Waals surface area contributed by atoms with E-state index in [0.29, 0.717) is 27.9 Å². The van der Waals surface area contributed by atoms with Crippen LogP contribution in [-0.2, 0) is 7.05 Å². The number of ketones is 2. The molecule has 3 aromatic rings. The molecule has 0 saturated heterocycles. The van der Waals surface area contributed by atoms with E-state index in [1.54, 1.807) is 54.3 Å². The number of allylic oxidation sites excluding steroid dienone is 1. The van der Waals surface area contributed by atoms with Gasteiger partial charge in [0.2, 0.25) is 0 Å². The highest BCUT2D eigenvalue weighted by atomic mass is 16.6. The van der Waals surface area contributed by atoms with E-state index < -0.39 is 4.92 Å². The van der Waals surface area contributed by atoms with Gasteiger partial charge in [0, 0.05) is 47.6 Å². The molecule has 7 heteroatoms. The number of nitro groups is 1. The van der Waals surface area contributed by atoms with E-state index in [1.807, 2.05) is 0 Å². The van der Waals surface area contributed by atoms with Gasteiger partial charge in [0.15, 0.2) is 11.6 Å². The third kappa shape index (κ3) is 2.75. The zero-order valence-electron chi connectivity index (χ0n) is 14.2. The second kappa shape index (κ2) is 6.14. The minimum atomic E-state index is -0.474. The predicted octanol–water partition coefficient (Wildman–Crippen LogP) is 3.46. The molecule has 132 valence electrons. The Morgan fingerprint density at radius 2 is 1.59 bits per heavy atom. The Hall–Kier alpha value is -3.87. The van der Waals surface area contributed by atoms with Crippen molar-refractivity contribution >= 4 is 23.3 Å². The van der Waals surface area contributed by atoms with Gasteiger partial charge >= 0.3 is 0 Å². The van der Waals surface area contributed by atoms with Gasteiger partial charge in [0.1, 0.15) is 0 Å². The van der Waals surface area contributed by atoms with E-state index in [-0.39, 0.29) is 22.8 Å². The van der Waals surface area contributed by atoms with E-state index >= 15 is 0 Å². The van der Waals surface area contributed by atoms with Gasteiger partial charge in [0.25, 0.3) is 5.69 Å². The lowest BCUT2D eigenvalue weighted by molar-refractivity contribution is -0.384. The van der Waals surface area contributed by atoms with Crippen LogP contribution in [0.2, 0.25) is 0 Å². The fourth-order valence-electron chi connectivity index (χ4n) is 3.14. The van der Waals surface area contributed by atoms with E-state index in [0.717, 1.165) is 0 Å². The van der Waals surface area contributed by atoms with Gasteiger partial charge < -0.3 is 0 Å². The Kier molecular flexibility index (Phi) is 3.77. The van der Waals surface area contributed by atoms with Gasteiger partial charge in [-0.3, -0.25) is 24.4 Å². The van der Waals surface area contributed by atoms with Gasteiger partial charge in [-0.1, -0.05) is 24.3 Å². The van der Waals surface area contributed by atoms with Crippen molar-refractivity contribution < 1.29 is 14.5 Å². The highest BCUT2D eigenvalue weighted by molar-refractivity contribution is 6.41. The number of fused-ring (bicyclic) bond motifs is 1. The van der Waals surface area contributed by atoms with Crippen molar-refractivity contribution in [3.05, 3.63) is 87.1 Å². The lowest BCUT2D eigenvalue weighted by Crippen LogP contribution is -2.00. The lowest BCUT2D eigenvalue weighted by Gasteiger charge is -2.00. The van der Waals surface area contributed by atoms with Crippen LogP contribution in [0.5, 0.6) is 0 Å². The maximum Gasteiger partial charge on any atom is 0.269 e. The molecule has 1 aliphatic carbocycles. The molecule has 0 atom stereocenters. The molecule has 0 spiro atoms. The van der Waals surface area contributed by atoms with Gasteiger partial charge in [0.05, 0.1) is 16.2 Å². The molecule has 4 rings (SSSR count). The molecule has 0 amide bonds. The zero-order valence-corrected chi connectivity index (χ0v) is 14.2. The van der Waals surface area contributed by atoms with Gasteiger partial charge in [-0.15, -0.1) is 0 Å². The minimum absolute atomic E-state index is 0.0221. The highest BCUT2D eigenvalue weighted by Crippen LogP contribution is 2.31. The molecule has 7 nitrogen and oxygen atoms in total. The van der Waals surface area contributed by atoms with E-state index in [4.69, 9.17) is 0 Å². The first-order chi connectivity index (χ1) is 13.0. The summed E-state index contributed by atoms with van der Waals surface area (Å²) in [5.41, 5.74) is 2.65. The van der Waals surface area contributed by atoms with Gasteiger partial charge in [-0.25, -0.2) is 0 Å². The van der Waals surface area contributed by atoms with Crippen LogP contribution in [0.25, 0.3) is 17.3 Å². The van der Waals surface area contributed by atoms with E-state index in [1.165, 1.54) is 18.2 Å². The number of nitro benzene ring substituents is 1. The second-order valence-corrected chi connectivity index (χ2v) is 6.17. The number of Topliss-reactive ketones (excluding diaryl/α,β-unsaturated/α-hetero) is 2. The largest absolute Gasteiger partial charge is 0.288 e. The fraction of sp³-hybridized carbons (Fsp3) is 0.0500. The summed E-state index contributed by atoms with van der Waals surface area (Å²) in [4.78, 5) is 35.5. The SMILES string of the molecule is Cn1cc(C=C2C(=O)c3ccccc3C2=O)c(-c2ccc([N+](=O)[O-])cc2)n1. The molecular formula is C20H13N3O4. The number of hydrogen-bond acceptors (Lipinski definition) is 5. The van der Waals surface area contributed by atoms with Crippen LogP contribution in [0.1, 0.15) is 26.3 Å². The molecule has 0 fully saturated rings. The summed E-state index contributed by atoms with van der Waals surface area (Å²) in [6.07, 6.45) is 3.24. The topological polar surface area (TPSA) is 95.1 Å². The number of rotatable bonds is 3. The molecule has 0 unspecified atom stereocenters. The third-order valence-electron chi connectivity index (χ3n) is 4.41. The minimum Gasteiger partial charge on any atom is -0.288 e. The van der Waals surface area contributed by atoms with Crippen molar-refractivity contribution in [3.8, 4) is 11.3 Å². The van der Waals surface area contributed by atoms with E-state index in [2.05, 4.69) is 5.10 Å². The van der Waals surface area contributed by atoms with Crippen LogP contribution in [0, 0.1) is 10.1 Å². The summed E-state index contributed by atoms with van der Waals surface area (Å²) >= 11 is 0. The normalized spacial score (nSPS) is 13.0. The smallest absolute Gasteiger partial charge is 0.269 e. The van der Waals surface area contributed by atoms with Crippen molar-refractivity contribution in [1.82, 2.24) is 9.78 Å². The number of aryl methyl sites for hydroxylation is 1. The molecule has 1 heterocycles. The van der Waals surface area contributed by atoms with E-state index in [9.17, 15) is 19.7 Å². The summed E-state index contributed by atoms with van der Waals surface area (Å²) < 4.78 is 1.57. The molecule has 0 saturated carbocycles. The van der Waals surface area contributed by atoms with Gasteiger partial charge in [-0.2, -0.15) is 5.10 Å². The molecule has 0 aliphatic heterocycles. The standard InChI is InChI=1S/C20H13N3O4/c1-22-11-13(18(21-22)12-6-8-14(9-7-12)23(26)27)10-17-19(24)15-4-2-3-5-16(15)20(17)25/h2-11H,1H3. The summed E-state index contributed by atoms with van der Waals surface area (Å²) in [6.45, 7) is 0. The molecule has 27 heavy (non-hydrogen) atoms. The zero-order chi connectivity index (χ0) is 19.1. The number of non-ortho nitro benzene ring substituents is 1. The summed E-state index contributed by atoms with van der Waals surface area (Å²) in [5.74, 6) is -0.622. The van der Waals surface area contributed by atoms with Crippen molar-refractivity contribution in [2.45, 2.75) is 0 Å². The first-order valence-electron chi connectivity index (χ1n) is 8.14. The lowest BCUT2D eigenvalue weighted by atomic mass is 10.0. The Labute approximate surface area is 153 Å². The van der Waals surface area contributed by atoms with Crippen LogP contribution in [0.15, 0.2) is 60.3 Å². The van der Waals surface area contributed by atoms with Crippen LogP contribution >= 0.6 is 0 Å². The first kappa shape index (κ1) is 16.6. The van der Waals surface area contributed by atoms with Crippen LogP contribution in [0.3, 0.4) is 0 Å². The summed E-state index contributed by atoms with van der Waals surface area (Å²) in [6, 6.07) is 12.7. The molecule has 0 radical (unpaired) electrons. The molecular weight excluding hydrogens is 346 g/mol. The van der Waals surface area contributed by atoms with Crippen molar-refractivity contribution in [2.75, 3.05) is 0 Å². The first-order valence-corrected chi connectivity index (χ1v) is 8.14. The average molecular weight is 359 g/mol. The monoisotopic (exact) mass is 359 g/mol. The Bertz CT molecular complexity index is 1100. The molecule has 1 aromatic heterocycles. The molecule has 0 bridgehead atoms. The number of aromatic nitrogens is 2. The Morgan fingerprint density at radius 1 is 1.00 bits per heavy atom. The molecule has 2 aromatic carbocycles. The van der Waals surface area contributed by atoms with Crippen molar-refractivity contribution in [1.29, 1.82) is 0 Å². The predicted molar refractivity (Wildman–Crippen MR) is 98.4 cm³/mol. The number of hydrogen-bond donors (Lipinski definition) is 0. The number of benzene rings is 2. The van der Waals surface area contributed by atoms with Gasteiger partial charge in [-0.05, 0) is 18.2 Å². The van der Waals surface area contributed by atoms with Crippen LogP contribution in [-0.4, -0.2) is 26.3 Å². The van der Waals surface area contributed by atoms with Crippen LogP contribution < -0.4 is 0 Å². The molecule has 0 N–H and O–H groups in total.